The van der Waals surface area contributed by atoms with Crippen LogP contribution in [0.25, 0.3) is 21.5 Å². The topological polar surface area (TPSA) is 26.0 Å². The average Bonchev–Trinajstić information content (AvgIpc) is 2.44. The van der Waals surface area contributed by atoms with Gasteiger partial charge < -0.3 is 5.73 Å². The molecule has 0 heterocycles. The van der Waals surface area contributed by atoms with Gasteiger partial charge in [0.25, 0.3) is 0 Å². The number of fused-ring (bicyclic) bond motifs is 3. The molecule has 4 heteroatoms. The lowest BCUT2D eigenvalue weighted by Gasteiger charge is -2.19. The summed E-state index contributed by atoms with van der Waals surface area (Å²) < 4.78 is 38.8. The Hall–Kier alpha value is -2.07. The molecule has 1 unspecified atom stereocenters. The number of rotatable bonds is 1. The highest BCUT2D eigenvalue weighted by molar-refractivity contribution is 6.09. The first kappa shape index (κ1) is 12.9. The van der Waals surface area contributed by atoms with Crippen LogP contribution in [0, 0.1) is 0 Å². The molecule has 0 aliphatic heterocycles. The van der Waals surface area contributed by atoms with Gasteiger partial charge in [-0.2, -0.15) is 13.2 Å². The average molecular weight is 275 g/mol. The Morgan fingerprint density at radius 1 is 0.800 bits per heavy atom. The van der Waals surface area contributed by atoms with Crippen molar-refractivity contribution in [3.8, 4) is 0 Å². The molecule has 0 aliphatic carbocycles. The molecule has 0 radical (unpaired) electrons. The lowest BCUT2D eigenvalue weighted by molar-refractivity contribution is -0.148. The highest BCUT2D eigenvalue weighted by Crippen LogP contribution is 2.37. The normalized spacial score (nSPS) is 13.8. The molecular formula is C16H12F3N. The largest absolute Gasteiger partial charge is 0.407 e. The summed E-state index contributed by atoms with van der Waals surface area (Å²) >= 11 is 0. The maximum atomic E-state index is 12.9. The van der Waals surface area contributed by atoms with Crippen LogP contribution < -0.4 is 5.73 Å². The zero-order valence-electron chi connectivity index (χ0n) is 10.5. The zero-order valence-corrected chi connectivity index (χ0v) is 10.5. The Morgan fingerprint density at radius 2 is 1.35 bits per heavy atom. The van der Waals surface area contributed by atoms with E-state index in [1.54, 1.807) is 24.3 Å². The standard InChI is InChI=1S/C16H12F3N/c17-16(18,19)15(20)14-9-10-5-1-2-6-11(10)12-7-3-4-8-13(12)14/h1-9,15H,20H2. The van der Waals surface area contributed by atoms with Crippen molar-refractivity contribution in [2.75, 3.05) is 0 Å². The van der Waals surface area contributed by atoms with Crippen molar-refractivity contribution in [3.63, 3.8) is 0 Å². The van der Waals surface area contributed by atoms with E-state index in [0.717, 1.165) is 16.2 Å². The molecule has 0 aromatic heterocycles. The van der Waals surface area contributed by atoms with Crippen molar-refractivity contribution in [1.82, 2.24) is 0 Å². The van der Waals surface area contributed by atoms with E-state index in [1.807, 2.05) is 24.3 Å². The van der Waals surface area contributed by atoms with Gasteiger partial charge in [0.15, 0.2) is 0 Å². The maximum absolute atomic E-state index is 12.9. The van der Waals surface area contributed by atoms with E-state index in [0.29, 0.717) is 5.39 Å². The molecule has 102 valence electrons. The number of nitrogens with two attached hydrogens (primary N) is 1. The quantitative estimate of drug-likeness (QED) is 0.647. The lowest BCUT2D eigenvalue weighted by Crippen LogP contribution is -2.28. The van der Waals surface area contributed by atoms with Gasteiger partial charge in [0, 0.05) is 0 Å². The van der Waals surface area contributed by atoms with Crippen molar-refractivity contribution >= 4 is 21.5 Å². The molecule has 3 rings (SSSR count). The van der Waals surface area contributed by atoms with Gasteiger partial charge in [-0.25, -0.2) is 0 Å². The van der Waals surface area contributed by atoms with Crippen molar-refractivity contribution < 1.29 is 13.2 Å². The molecule has 1 nitrogen and oxygen atoms in total. The van der Waals surface area contributed by atoms with Gasteiger partial charge in [0.05, 0.1) is 0 Å². The fourth-order valence-electron chi connectivity index (χ4n) is 2.52. The van der Waals surface area contributed by atoms with Gasteiger partial charge in [0.1, 0.15) is 6.04 Å². The zero-order chi connectivity index (χ0) is 14.3. The number of benzene rings is 3. The van der Waals surface area contributed by atoms with Crippen LogP contribution in [-0.4, -0.2) is 6.18 Å². The predicted molar refractivity (Wildman–Crippen MR) is 74.4 cm³/mol. The SMILES string of the molecule is NC(c1cc2ccccc2c2ccccc12)C(F)(F)F. The second-order valence-corrected chi connectivity index (χ2v) is 4.75. The van der Waals surface area contributed by atoms with Crippen molar-refractivity contribution in [1.29, 1.82) is 0 Å². The van der Waals surface area contributed by atoms with Gasteiger partial charge in [-0.05, 0) is 33.2 Å². The van der Waals surface area contributed by atoms with Gasteiger partial charge in [-0.3, -0.25) is 0 Å². The maximum Gasteiger partial charge on any atom is 0.407 e. The second kappa shape index (κ2) is 4.49. The van der Waals surface area contributed by atoms with Crippen LogP contribution in [0.4, 0.5) is 13.2 Å². The summed E-state index contributed by atoms with van der Waals surface area (Å²) in [5.41, 5.74) is 5.52. The third-order valence-corrected chi connectivity index (χ3v) is 3.49. The van der Waals surface area contributed by atoms with Gasteiger partial charge in [0.2, 0.25) is 0 Å². The Bertz CT molecular complexity index is 777. The summed E-state index contributed by atoms with van der Waals surface area (Å²) in [7, 11) is 0. The van der Waals surface area contributed by atoms with Crippen LogP contribution in [0.15, 0.2) is 54.6 Å². The monoisotopic (exact) mass is 275 g/mol. The van der Waals surface area contributed by atoms with Crippen molar-refractivity contribution in [2.24, 2.45) is 5.73 Å². The lowest BCUT2D eigenvalue weighted by atomic mass is 9.93. The Balaban J connectivity index is 2.41. The number of hydrogen-bond acceptors (Lipinski definition) is 1. The molecule has 0 bridgehead atoms. The second-order valence-electron chi connectivity index (χ2n) is 4.75. The fraction of sp³-hybridized carbons (Fsp3) is 0.125. The summed E-state index contributed by atoms with van der Waals surface area (Å²) in [5, 5.41) is 3.04. The Labute approximate surface area is 113 Å². The minimum Gasteiger partial charge on any atom is -0.316 e. The minimum absolute atomic E-state index is 0.117. The van der Waals surface area contributed by atoms with Gasteiger partial charge >= 0.3 is 6.18 Å². The molecule has 0 saturated heterocycles. The Kier molecular flexibility index (Phi) is 2.91. The summed E-state index contributed by atoms with van der Waals surface area (Å²) in [4.78, 5) is 0. The van der Waals surface area contributed by atoms with E-state index >= 15 is 0 Å². The molecule has 2 N–H and O–H groups in total. The molecule has 0 amide bonds. The number of halogens is 3. The molecular weight excluding hydrogens is 263 g/mol. The molecule has 0 fully saturated rings. The number of hydrogen-bond donors (Lipinski definition) is 1. The van der Waals surface area contributed by atoms with Crippen LogP contribution in [0.3, 0.4) is 0 Å². The molecule has 0 saturated carbocycles. The third kappa shape index (κ3) is 2.02. The van der Waals surface area contributed by atoms with E-state index < -0.39 is 12.2 Å². The minimum atomic E-state index is -4.45. The fourth-order valence-corrected chi connectivity index (χ4v) is 2.52. The van der Waals surface area contributed by atoms with Gasteiger partial charge in [-0.1, -0.05) is 48.5 Å². The predicted octanol–water partition coefficient (Wildman–Crippen LogP) is 4.56. The highest BCUT2D eigenvalue weighted by atomic mass is 19.4. The molecule has 20 heavy (non-hydrogen) atoms. The molecule has 1 atom stereocenters. The summed E-state index contributed by atoms with van der Waals surface area (Å²) in [5.74, 6) is 0. The molecule has 3 aromatic carbocycles. The Morgan fingerprint density at radius 3 is 2.00 bits per heavy atom. The summed E-state index contributed by atoms with van der Waals surface area (Å²) in [6.07, 6.45) is -4.45. The smallest absolute Gasteiger partial charge is 0.316 e. The van der Waals surface area contributed by atoms with Crippen LogP contribution in [0.1, 0.15) is 11.6 Å². The summed E-state index contributed by atoms with van der Waals surface area (Å²) in [6, 6.07) is 14.0. The van der Waals surface area contributed by atoms with Crippen LogP contribution >= 0.6 is 0 Å². The molecule has 0 aliphatic rings. The van der Waals surface area contributed by atoms with E-state index in [4.69, 9.17) is 5.73 Å². The van der Waals surface area contributed by atoms with Gasteiger partial charge in [-0.15, -0.1) is 0 Å². The van der Waals surface area contributed by atoms with Crippen molar-refractivity contribution in [3.05, 3.63) is 60.2 Å². The van der Waals surface area contributed by atoms with Crippen LogP contribution in [-0.2, 0) is 0 Å². The van der Waals surface area contributed by atoms with E-state index in [9.17, 15) is 13.2 Å². The van der Waals surface area contributed by atoms with E-state index in [1.165, 1.54) is 6.07 Å². The molecule has 3 aromatic rings. The highest BCUT2D eigenvalue weighted by Gasteiger charge is 2.38. The van der Waals surface area contributed by atoms with Crippen LogP contribution in [0.5, 0.6) is 0 Å². The summed E-state index contributed by atoms with van der Waals surface area (Å²) in [6.45, 7) is 0. The first-order chi connectivity index (χ1) is 9.48. The first-order valence-electron chi connectivity index (χ1n) is 6.21. The van der Waals surface area contributed by atoms with E-state index in [-0.39, 0.29) is 5.56 Å². The van der Waals surface area contributed by atoms with Crippen LogP contribution in [0.2, 0.25) is 0 Å². The van der Waals surface area contributed by atoms with Crippen molar-refractivity contribution in [2.45, 2.75) is 12.2 Å². The third-order valence-electron chi connectivity index (χ3n) is 3.49. The van der Waals surface area contributed by atoms with E-state index in [2.05, 4.69) is 0 Å². The molecule has 0 spiro atoms. The number of alkyl halides is 3. The first-order valence-corrected chi connectivity index (χ1v) is 6.21.